The molecule has 130 valence electrons. The summed E-state index contributed by atoms with van der Waals surface area (Å²) in [5.74, 6) is -0.631. The van der Waals surface area contributed by atoms with Crippen molar-refractivity contribution in [1.82, 2.24) is 0 Å². The fraction of sp³-hybridized carbons (Fsp3) is 0. The van der Waals surface area contributed by atoms with Crippen molar-refractivity contribution in [3.63, 3.8) is 0 Å². The Hall–Kier alpha value is -2.82. The number of hydrogen-bond acceptors (Lipinski definition) is 2. The van der Waals surface area contributed by atoms with Crippen LogP contribution in [0, 0.1) is 0 Å². The lowest BCUT2D eigenvalue weighted by atomic mass is 10.1. The number of carbonyl (C=O) groups excluding carboxylic acids is 2. The van der Waals surface area contributed by atoms with Gasteiger partial charge in [-0.05, 0) is 48.5 Å². The molecule has 2 amide bonds. The average molecular weight is 385 g/mol. The van der Waals surface area contributed by atoms with Crippen molar-refractivity contribution < 1.29 is 9.59 Å². The quantitative estimate of drug-likeness (QED) is 0.623. The van der Waals surface area contributed by atoms with Gasteiger partial charge in [-0.3, -0.25) is 9.59 Å². The van der Waals surface area contributed by atoms with Gasteiger partial charge in [-0.1, -0.05) is 47.5 Å². The zero-order valence-electron chi connectivity index (χ0n) is 13.5. The molecule has 0 aliphatic carbocycles. The Morgan fingerprint density at radius 1 is 0.615 bits per heavy atom. The van der Waals surface area contributed by atoms with Gasteiger partial charge in [0.05, 0.1) is 0 Å². The maximum Gasteiger partial charge on any atom is 0.255 e. The van der Waals surface area contributed by atoms with Crippen molar-refractivity contribution >= 4 is 46.4 Å². The van der Waals surface area contributed by atoms with Crippen LogP contribution < -0.4 is 10.6 Å². The van der Waals surface area contributed by atoms with Crippen molar-refractivity contribution in [1.29, 1.82) is 0 Å². The van der Waals surface area contributed by atoms with Crippen LogP contribution >= 0.6 is 23.2 Å². The average Bonchev–Trinajstić information content (AvgIpc) is 2.62. The molecule has 0 atom stereocenters. The predicted octanol–water partition coefficient (Wildman–Crippen LogP) is 5.50. The van der Waals surface area contributed by atoms with E-state index in [1.807, 2.05) is 18.2 Å². The predicted molar refractivity (Wildman–Crippen MR) is 105 cm³/mol. The second kappa shape index (κ2) is 8.04. The zero-order valence-corrected chi connectivity index (χ0v) is 15.0. The van der Waals surface area contributed by atoms with Crippen LogP contribution in [0.2, 0.25) is 10.0 Å². The molecule has 3 rings (SSSR count). The van der Waals surface area contributed by atoms with Crippen molar-refractivity contribution in [2.24, 2.45) is 0 Å². The minimum Gasteiger partial charge on any atom is -0.322 e. The lowest BCUT2D eigenvalue weighted by Crippen LogP contribution is -2.14. The van der Waals surface area contributed by atoms with Gasteiger partial charge < -0.3 is 10.6 Å². The Morgan fingerprint density at radius 3 is 1.88 bits per heavy atom. The van der Waals surface area contributed by atoms with Crippen molar-refractivity contribution in [3.8, 4) is 0 Å². The van der Waals surface area contributed by atoms with E-state index in [2.05, 4.69) is 10.6 Å². The molecular formula is C20H14Cl2N2O2. The molecule has 0 aliphatic heterocycles. The van der Waals surface area contributed by atoms with E-state index in [9.17, 15) is 9.59 Å². The number of anilines is 2. The van der Waals surface area contributed by atoms with Crippen LogP contribution in [0.25, 0.3) is 0 Å². The topological polar surface area (TPSA) is 58.2 Å². The van der Waals surface area contributed by atoms with E-state index in [-0.39, 0.29) is 11.8 Å². The van der Waals surface area contributed by atoms with E-state index < -0.39 is 0 Å². The summed E-state index contributed by atoms with van der Waals surface area (Å²) in [7, 11) is 0. The first-order valence-corrected chi connectivity index (χ1v) is 8.51. The third kappa shape index (κ3) is 4.63. The van der Waals surface area contributed by atoms with E-state index in [0.29, 0.717) is 32.5 Å². The number of amides is 2. The van der Waals surface area contributed by atoms with Crippen LogP contribution in [-0.2, 0) is 0 Å². The van der Waals surface area contributed by atoms with Gasteiger partial charge in [0.25, 0.3) is 11.8 Å². The Morgan fingerprint density at radius 2 is 1.19 bits per heavy atom. The van der Waals surface area contributed by atoms with Gasteiger partial charge in [0.1, 0.15) is 0 Å². The number of hydrogen-bond donors (Lipinski definition) is 2. The van der Waals surface area contributed by atoms with Crippen LogP contribution in [0.4, 0.5) is 11.4 Å². The first-order valence-electron chi connectivity index (χ1n) is 7.75. The zero-order chi connectivity index (χ0) is 18.5. The molecule has 26 heavy (non-hydrogen) atoms. The van der Waals surface area contributed by atoms with E-state index >= 15 is 0 Å². The first-order chi connectivity index (χ1) is 12.5. The summed E-state index contributed by atoms with van der Waals surface area (Å²) in [4.78, 5) is 24.7. The van der Waals surface area contributed by atoms with Crippen molar-refractivity contribution in [3.05, 3.63) is 94.0 Å². The van der Waals surface area contributed by atoms with Crippen LogP contribution in [0.1, 0.15) is 20.7 Å². The first kappa shape index (κ1) is 18.0. The molecule has 4 nitrogen and oxygen atoms in total. The van der Waals surface area contributed by atoms with Crippen molar-refractivity contribution in [2.75, 3.05) is 10.6 Å². The highest BCUT2D eigenvalue weighted by molar-refractivity contribution is 6.35. The highest BCUT2D eigenvalue weighted by atomic mass is 35.5. The molecule has 0 aliphatic rings. The van der Waals surface area contributed by atoms with Gasteiger partial charge >= 0.3 is 0 Å². The Bertz CT molecular complexity index is 939. The van der Waals surface area contributed by atoms with Gasteiger partial charge in [-0.2, -0.15) is 0 Å². The monoisotopic (exact) mass is 384 g/mol. The molecule has 3 aromatic carbocycles. The third-order valence-corrected chi connectivity index (χ3v) is 3.98. The molecule has 0 spiro atoms. The highest BCUT2D eigenvalue weighted by Crippen LogP contribution is 2.20. The summed E-state index contributed by atoms with van der Waals surface area (Å²) < 4.78 is 0. The Balaban J connectivity index is 1.74. The Labute approximate surface area is 160 Å². The minimum absolute atomic E-state index is 0.266. The minimum atomic E-state index is -0.366. The molecule has 6 heteroatoms. The molecular weight excluding hydrogens is 371 g/mol. The third-order valence-electron chi connectivity index (χ3n) is 3.54. The van der Waals surface area contributed by atoms with Gasteiger partial charge in [0, 0.05) is 32.5 Å². The van der Waals surface area contributed by atoms with E-state index in [0.717, 1.165) is 0 Å². The van der Waals surface area contributed by atoms with Crippen LogP contribution in [-0.4, -0.2) is 11.8 Å². The maximum atomic E-state index is 12.4. The van der Waals surface area contributed by atoms with E-state index in [4.69, 9.17) is 23.2 Å². The SMILES string of the molecule is O=C(Nc1cccc(C(=O)Nc2ccccc2)c1)c1cc(Cl)cc(Cl)c1. The molecule has 0 heterocycles. The summed E-state index contributed by atoms with van der Waals surface area (Å²) >= 11 is 11.8. The second-order valence-corrected chi connectivity index (χ2v) is 6.39. The molecule has 2 N–H and O–H groups in total. The largest absolute Gasteiger partial charge is 0.322 e. The van der Waals surface area contributed by atoms with E-state index in [1.165, 1.54) is 12.1 Å². The molecule has 0 bridgehead atoms. The van der Waals surface area contributed by atoms with Gasteiger partial charge in [-0.15, -0.1) is 0 Å². The van der Waals surface area contributed by atoms with Gasteiger partial charge in [0.15, 0.2) is 0 Å². The summed E-state index contributed by atoms with van der Waals surface area (Å²) in [5, 5.41) is 6.28. The van der Waals surface area contributed by atoms with Crippen molar-refractivity contribution in [2.45, 2.75) is 0 Å². The molecule has 0 unspecified atom stereocenters. The van der Waals surface area contributed by atoms with Crippen LogP contribution in [0.5, 0.6) is 0 Å². The molecule has 0 fully saturated rings. The number of rotatable bonds is 4. The number of para-hydroxylation sites is 1. The number of benzene rings is 3. The fourth-order valence-corrected chi connectivity index (χ4v) is 2.88. The van der Waals surface area contributed by atoms with E-state index in [1.54, 1.807) is 42.5 Å². The van der Waals surface area contributed by atoms with Crippen LogP contribution in [0.15, 0.2) is 72.8 Å². The second-order valence-electron chi connectivity index (χ2n) is 5.51. The Kier molecular flexibility index (Phi) is 5.56. The van der Waals surface area contributed by atoms with Gasteiger partial charge in [-0.25, -0.2) is 0 Å². The number of nitrogens with one attached hydrogen (secondary N) is 2. The van der Waals surface area contributed by atoms with Crippen LogP contribution in [0.3, 0.4) is 0 Å². The lowest BCUT2D eigenvalue weighted by molar-refractivity contribution is 0.101. The normalized spacial score (nSPS) is 10.2. The number of halogens is 2. The summed E-state index contributed by atoms with van der Waals surface area (Å²) in [5.41, 5.74) is 1.95. The number of carbonyl (C=O) groups is 2. The smallest absolute Gasteiger partial charge is 0.255 e. The molecule has 0 saturated heterocycles. The van der Waals surface area contributed by atoms with Gasteiger partial charge in [0.2, 0.25) is 0 Å². The fourth-order valence-electron chi connectivity index (χ4n) is 2.35. The molecule has 0 radical (unpaired) electrons. The summed E-state index contributed by atoms with van der Waals surface area (Å²) in [6.45, 7) is 0. The molecule has 3 aromatic rings. The highest BCUT2D eigenvalue weighted by Gasteiger charge is 2.11. The standard InChI is InChI=1S/C20H14Cl2N2O2/c21-15-9-14(10-16(22)12-15)20(26)24-18-8-4-5-13(11-18)19(25)23-17-6-2-1-3-7-17/h1-12H,(H,23,25)(H,24,26). The lowest BCUT2D eigenvalue weighted by Gasteiger charge is -2.09. The maximum absolute atomic E-state index is 12.4. The molecule has 0 aromatic heterocycles. The summed E-state index contributed by atoms with van der Waals surface area (Å²) in [6.07, 6.45) is 0. The molecule has 0 saturated carbocycles. The summed E-state index contributed by atoms with van der Waals surface area (Å²) in [6, 6.07) is 20.4.